The second-order valence-corrected chi connectivity index (χ2v) is 7.60. The van der Waals surface area contributed by atoms with Gasteiger partial charge >= 0.3 is 0 Å². The van der Waals surface area contributed by atoms with Gasteiger partial charge in [0.2, 0.25) is 10.0 Å². The molecule has 120 valence electrons. The monoisotopic (exact) mass is 313 g/mol. The first-order valence-electron chi connectivity index (χ1n) is 7.99. The van der Waals surface area contributed by atoms with E-state index in [0.29, 0.717) is 23.9 Å². The molecule has 0 radical (unpaired) electrons. The van der Waals surface area contributed by atoms with E-state index in [1.54, 1.807) is 12.3 Å². The van der Waals surface area contributed by atoms with Crippen LogP contribution in [-0.4, -0.2) is 26.5 Å². The molecule has 0 amide bonds. The maximum atomic E-state index is 12.2. The van der Waals surface area contributed by atoms with E-state index in [2.05, 4.69) is 15.0 Å². The molecule has 1 aromatic rings. The Labute approximate surface area is 128 Å². The summed E-state index contributed by atoms with van der Waals surface area (Å²) in [6, 6.07) is 1.70. The molecule has 0 spiro atoms. The number of nitrogens with one attached hydrogen (secondary N) is 3. The number of H-pyrrole nitrogens is 1. The van der Waals surface area contributed by atoms with Gasteiger partial charge in [-0.25, -0.2) is 13.1 Å². The Bertz CT molecular complexity index is 519. The van der Waals surface area contributed by atoms with Crippen molar-refractivity contribution in [2.45, 2.75) is 56.9 Å². The fourth-order valence-electron chi connectivity index (χ4n) is 2.89. The Morgan fingerprint density at radius 1 is 1.29 bits per heavy atom. The molecule has 3 N–H and O–H groups in total. The number of hydrogen-bond donors (Lipinski definition) is 3. The van der Waals surface area contributed by atoms with Crippen LogP contribution in [0.4, 0.5) is 0 Å². The molecule has 0 aliphatic heterocycles. The average molecular weight is 313 g/mol. The quantitative estimate of drug-likeness (QED) is 0.690. The van der Waals surface area contributed by atoms with Crippen LogP contribution < -0.4 is 10.0 Å². The van der Waals surface area contributed by atoms with Crippen LogP contribution in [0, 0.1) is 5.92 Å². The van der Waals surface area contributed by atoms with E-state index < -0.39 is 10.0 Å². The Hall–Kier alpha value is -0.850. The third kappa shape index (κ3) is 5.13. The molecule has 6 heteroatoms. The minimum atomic E-state index is -3.37. The zero-order chi connectivity index (χ0) is 15.1. The molecule has 0 unspecified atom stereocenters. The van der Waals surface area contributed by atoms with Gasteiger partial charge in [-0.1, -0.05) is 39.0 Å². The molecule has 1 aliphatic rings. The van der Waals surface area contributed by atoms with Gasteiger partial charge in [-0.3, -0.25) is 0 Å². The number of rotatable bonds is 8. The highest BCUT2D eigenvalue weighted by atomic mass is 32.2. The highest BCUT2D eigenvalue weighted by Gasteiger charge is 2.18. The highest BCUT2D eigenvalue weighted by molar-refractivity contribution is 7.89. The summed E-state index contributed by atoms with van der Waals surface area (Å²) in [5.41, 5.74) is 0.893. The Morgan fingerprint density at radius 2 is 2.05 bits per heavy atom. The van der Waals surface area contributed by atoms with Gasteiger partial charge < -0.3 is 10.3 Å². The molecule has 1 aromatic heterocycles. The van der Waals surface area contributed by atoms with Gasteiger partial charge in [-0.05, 0) is 24.9 Å². The summed E-state index contributed by atoms with van der Waals surface area (Å²) in [4.78, 5) is 3.34. The van der Waals surface area contributed by atoms with Crippen LogP contribution in [0.5, 0.6) is 0 Å². The summed E-state index contributed by atoms with van der Waals surface area (Å²) in [7, 11) is -3.37. The van der Waals surface area contributed by atoms with Gasteiger partial charge in [0, 0.05) is 25.0 Å². The first-order chi connectivity index (χ1) is 10.1. The van der Waals surface area contributed by atoms with Crippen molar-refractivity contribution < 1.29 is 8.42 Å². The minimum absolute atomic E-state index is 0.332. The van der Waals surface area contributed by atoms with E-state index in [1.807, 2.05) is 6.92 Å². The summed E-state index contributed by atoms with van der Waals surface area (Å²) >= 11 is 0. The van der Waals surface area contributed by atoms with Crippen LogP contribution >= 0.6 is 0 Å². The molecule has 1 heterocycles. The van der Waals surface area contributed by atoms with Crippen LogP contribution in [0.15, 0.2) is 17.2 Å². The first kappa shape index (κ1) is 16.5. The van der Waals surface area contributed by atoms with Crippen molar-refractivity contribution in [2.24, 2.45) is 5.92 Å². The van der Waals surface area contributed by atoms with E-state index in [9.17, 15) is 8.42 Å². The second-order valence-electron chi connectivity index (χ2n) is 5.83. The molecule has 1 aliphatic carbocycles. The highest BCUT2D eigenvalue weighted by Crippen LogP contribution is 2.25. The predicted molar refractivity (Wildman–Crippen MR) is 84.6 cm³/mol. The molecule has 1 fully saturated rings. The maximum Gasteiger partial charge on any atom is 0.242 e. The van der Waals surface area contributed by atoms with Crippen LogP contribution in [-0.2, 0) is 16.6 Å². The molecule has 1 saturated carbocycles. The molecular weight excluding hydrogens is 286 g/mol. The van der Waals surface area contributed by atoms with E-state index in [0.717, 1.165) is 18.7 Å². The van der Waals surface area contributed by atoms with E-state index in [4.69, 9.17) is 0 Å². The van der Waals surface area contributed by atoms with Crippen molar-refractivity contribution in [1.82, 2.24) is 15.0 Å². The molecular formula is C15H27N3O2S. The zero-order valence-corrected chi connectivity index (χ0v) is 13.6. The van der Waals surface area contributed by atoms with Gasteiger partial charge in [0.1, 0.15) is 0 Å². The lowest BCUT2D eigenvalue weighted by atomic mass is 9.87. The lowest BCUT2D eigenvalue weighted by Crippen LogP contribution is -2.26. The molecule has 0 saturated heterocycles. The fourth-order valence-corrected chi connectivity index (χ4v) is 3.96. The largest absolute Gasteiger partial charge is 0.363 e. The molecule has 0 bridgehead atoms. The summed E-state index contributed by atoms with van der Waals surface area (Å²) in [5, 5.41) is 3.17. The lowest BCUT2D eigenvalue weighted by molar-refractivity contribution is 0.339. The molecule has 0 aromatic carbocycles. The number of sulfonamides is 1. The number of hydrogen-bond acceptors (Lipinski definition) is 3. The molecule has 5 nitrogen and oxygen atoms in total. The first-order valence-corrected chi connectivity index (χ1v) is 9.48. The SMILES string of the molecule is CCNCc1cc(S(=O)(=O)NCCC2CCCCC2)c[nH]1. The predicted octanol–water partition coefficient (Wildman–Crippen LogP) is 2.37. The van der Waals surface area contributed by atoms with Gasteiger partial charge in [0.15, 0.2) is 0 Å². The van der Waals surface area contributed by atoms with Crippen molar-refractivity contribution in [3.05, 3.63) is 18.0 Å². The molecule has 2 rings (SSSR count). The average Bonchev–Trinajstić information content (AvgIpc) is 2.96. The maximum absolute atomic E-state index is 12.2. The Kier molecular flexibility index (Phi) is 6.26. The third-order valence-corrected chi connectivity index (χ3v) is 5.60. The van der Waals surface area contributed by atoms with Gasteiger partial charge in [-0.2, -0.15) is 0 Å². The van der Waals surface area contributed by atoms with Crippen molar-refractivity contribution in [3.63, 3.8) is 0 Å². The second kappa shape index (κ2) is 7.96. The van der Waals surface area contributed by atoms with Crippen LogP contribution in [0.2, 0.25) is 0 Å². The van der Waals surface area contributed by atoms with Gasteiger partial charge in [-0.15, -0.1) is 0 Å². The van der Waals surface area contributed by atoms with Crippen molar-refractivity contribution >= 4 is 10.0 Å². The van der Waals surface area contributed by atoms with Gasteiger partial charge in [0.25, 0.3) is 0 Å². The lowest BCUT2D eigenvalue weighted by Gasteiger charge is -2.21. The summed E-state index contributed by atoms with van der Waals surface area (Å²) in [6.45, 7) is 4.09. The Morgan fingerprint density at radius 3 is 2.76 bits per heavy atom. The standard InChI is InChI=1S/C15H27N3O2S/c1-2-16-11-14-10-15(12-17-14)21(19,20)18-9-8-13-6-4-3-5-7-13/h10,12-13,16-18H,2-9,11H2,1H3. The van der Waals surface area contributed by atoms with Crippen LogP contribution in [0.3, 0.4) is 0 Å². The van der Waals surface area contributed by atoms with Crippen molar-refractivity contribution in [3.8, 4) is 0 Å². The number of aromatic nitrogens is 1. The number of aromatic amines is 1. The molecule has 0 atom stereocenters. The smallest absolute Gasteiger partial charge is 0.242 e. The summed E-state index contributed by atoms with van der Waals surface area (Å²) < 4.78 is 27.1. The summed E-state index contributed by atoms with van der Waals surface area (Å²) in [5.74, 6) is 0.692. The summed E-state index contributed by atoms with van der Waals surface area (Å²) in [6.07, 6.45) is 8.94. The zero-order valence-electron chi connectivity index (χ0n) is 12.8. The van der Waals surface area contributed by atoms with Gasteiger partial charge in [0.05, 0.1) is 4.90 Å². The fraction of sp³-hybridized carbons (Fsp3) is 0.733. The topological polar surface area (TPSA) is 74.0 Å². The van der Waals surface area contributed by atoms with Crippen LogP contribution in [0.1, 0.15) is 51.1 Å². The minimum Gasteiger partial charge on any atom is -0.363 e. The van der Waals surface area contributed by atoms with Crippen LogP contribution in [0.25, 0.3) is 0 Å². The van der Waals surface area contributed by atoms with E-state index in [1.165, 1.54) is 32.1 Å². The normalized spacial score (nSPS) is 17.2. The van der Waals surface area contributed by atoms with Crippen molar-refractivity contribution in [1.29, 1.82) is 0 Å². The molecule has 21 heavy (non-hydrogen) atoms. The third-order valence-electron chi connectivity index (χ3n) is 4.16. The van der Waals surface area contributed by atoms with Crippen molar-refractivity contribution in [2.75, 3.05) is 13.1 Å². The Balaban J connectivity index is 1.81. The van der Waals surface area contributed by atoms with E-state index >= 15 is 0 Å². The van der Waals surface area contributed by atoms with E-state index in [-0.39, 0.29) is 0 Å².